The summed E-state index contributed by atoms with van der Waals surface area (Å²) in [5, 5.41) is 0.411. The van der Waals surface area contributed by atoms with Gasteiger partial charge in [0.25, 0.3) is 5.91 Å². The number of carbonyl (C=O) groups excluding carboxylic acids is 2. The van der Waals surface area contributed by atoms with Gasteiger partial charge in [-0.15, -0.1) is 0 Å². The number of amides is 2. The first-order valence-electron chi connectivity index (χ1n) is 8.10. The van der Waals surface area contributed by atoms with Crippen LogP contribution in [0.4, 0.5) is 0 Å². The highest BCUT2D eigenvalue weighted by Crippen LogP contribution is 2.25. The van der Waals surface area contributed by atoms with Crippen molar-refractivity contribution < 1.29 is 14.3 Å². The van der Waals surface area contributed by atoms with Gasteiger partial charge in [0.15, 0.2) is 0 Å². The van der Waals surface area contributed by atoms with E-state index in [4.69, 9.17) is 16.3 Å². The number of hydrogen-bond acceptors (Lipinski definition) is 3. The Kier molecular flexibility index (Phi) is 5.28. The van der Waals surface area contributed by atoms with Gasteiger partial charge in [0, 0.05) is 44.1 Å². The Balaban J connectivity index is 1.57. The second-order valence-corrected chi connectivity index (χ2v) is 6.33. The van der Waals surface area contributed by atoms with Crippen LogP contribution in [0.1, 0.15) is 15.9 Å². The van der Waals surface area contributed by atoms with E-state index in [9.17, 15) is 9.59 Å². The summed E-state index contributed by atoms with van der Waals surface area (Å²) in [6.45, 7) is 2.11. The highest BCUT2D eigenvalue weighted by atomic mass is 35.5. The normalized spacial score (nSPS) is 14.5. The fraction of sp³-hybridized carbons (Fsp3) is 0.333. The van der Waals surface area contributed by atoms with E-state index in [-0.39, 0.29) is 11.8 Å². The summed E-state index contributed by atoms with van der Waals surface area (Å²) in [7, 11) is 1.53. The van der Waals surface area contributed by atoms with Gasteiger partial charge in [-0.1, -0.05) is 11.6 Å². The lowest BCUT2D eigenvalue weighted by atomic mass is 10.1. The van der Waals surface area contributed by atoms with E-state index in [2.05, 4.69) is 4.98 Å². The van der Waals surface area contributed by atoms with Crippen LogP contribution in [0.2, 0.25) is 5.02 Å². The molecule has 132 valence electrons. The maximum Gasteiger partial charge on any atom is 0.254 e. The van der Waals surface area contributed by atoms with Gasteiger partial charge in [0.1, 0.15) is 5.75 Å². The zero-order valence-corrected chi connectivity index (χ0v) is 14.8. The van der Waals surface area contributed by atoms with Gasteiger partial charge in [-0.2, -0.15) is 0 Å². The maximum atomic E-state index is 12.6. The van der Waals surface area contributed by atoms with Crippen molar-refractivity contribution in [2.75, 3.05) is 33.3 Å². The molecular formula is C18H20ClN3O3. The number of aromatic amines is 1. The number of hydrogen-bond donors (Lipinski definition) is 1. The molecule has 1 aliphatic heterocycles. The zero-order chi connectivity index (χ0) is 17.8. The summed E-state index contributed by atoms with van der Waals surface area (Å²) >= 11 is 6.09. The summed E-state index contributed by atoms with van der Waals surface area (Å²) in [6.07, 6.45) is 4.01. The van der Waals surface area contributed by atoms with Crippen LogP contribution in [0, 0.1) is 0 Å². The van der Waals surface area contributed by atoms with Gasteiger partial charge in [0.2, 0.25) is 5.91 Å². The number of aromatic nitrogens is 1. The molecule has 0 unspecified atom stereocenters. The summed E-state index contributed by atoms with van der Waals surface area (Å²) in [6, 6.07) is 6.90. The topological polar surface area (TPSA) is 65.6 Å². The minimum absolute atomic E-state index is 0.0812. The molecule has 1 aromatic heterocycles. The van der Waals surface area contributed by atoms with Crippen molar-refractivity contribution in [2.24, 2.45) is 0 Å². The van der Waals surface area contributed by atoms with E-state index in [1.807, 2.05) is 12.3 Å². The second-order valence-electron chi connectivity index (χ2n) is 5.92. The van der Waals surface area contributed by atoms with Crippen LogP contribution >= 0.6 is 11.6 Å². The second kappa shape index (κ2) is 7.61. The first-order valence-corrected chi connectivity index (χ1v) is 8.48. The molecule has 1 aliphatic rings. The average molecular weight is 362 g/mol. The first-order chi connectivity index (χ1) is 12.1. The Bertz CT molecular complexity index is 753. The molecule has 6 nitrogen and oxygen atoms in total. The third kappa shape index (κ3) is 3.96. The third-order valence-corrected chi connectivity index (χ3v) is 4.63. The van der Waals surface area contributed by atoms with Gasteiger partial charge < -0.3 is 19.5 Å². The first kappa shape index (κ1) is 17.4. The fourth-order valence-corrected chi connectivity index (χ4v) is 3.15. The van der Waals surface area contributed by atoms with Crippen LogP contribution < -0.4 is 4.74 Å². The highest BCUT2D eigenvalue weighted by Gasteiger charge is 2.25. The Hall–Kier alpha value is -2.47. The quantitative estimate of drug-likeness (QED) is 0.908. The minimum Gasteiger partial charge on any atom is -0.495 e. The van der Waals surface area contributed by atoms with Gasteiger partial charge in [-0.05, 0) is 29.8 Å². The van der Waals surface area contributed by atoms with Crippen molar-refractivity contribution in [2.45, 2.75) is 6.42 Å². The standard InChI is InChI=1S/C18H20ClN3O3/c1-25-16-3-2-14(11-15(16)19)18(24)22-8-6-21(7-9-22)17(23)10-13-4-5-20-12-13/h2-5,11-12,20H,6-10H2,1H3. The molecule has 0 radical (unpaired) electrons. The number of ether oxygens (including phenoxy) is 1. The van der Waals surface area contributed by atoms with Gasteiger partial charge in [-0.3, -0.25) is 9.59 Å². The predicted octanol–water partition coefficient (Wildman–Crippen LogP) is 2.20. The molecule has 0 saturated carbocycles. The van der Waals surface area contributed by atoms with Crippen LogP contribution in [-0.4, -0.2) is 59.9 Å². The van der Waals surface area contributed by atoms with Crippen molar-refractivity contribution in [1.29, 1.82) is 0 Å². The molecule has 2 aromatic rings. The molecule has 0 spiro atoms. The molecule has 0 bridgehead atoms. The van der Waals surface area contributed by atoms with Crippen molar-refractivity contribution in [1.82, 2.24) is 14.8 Å². The average Bonchev–Trinajstić information content (AvgIpc) is 3.14. The van der Waals surface area contributed by atoms with E-state index in [1.54, 1.807) is 34.2 Å². The van der Waals surface area contributed by atoms with E-state index in [1.165, 1.54) is 7.11 Å². The molecule has 2 heterocycles. The number of nitrogens with zero attached hydrogens (tertiary/aromatic N) is 2. The summed E-state index contributed by atoms with van der Waals surface area (Å²) < 4.78 is 5.11. The van der Waals surface area contributed by atoms with Gasteiger partial charge in [0.05, 0.1) is 18.6 Å². The van der Waals surface area contributed by atoms with E-state index in [0.29, 0.717) is 48.9 Å². The van der Waals surface area contributed by atoms with Crippen LogP contribution in [0.3, 0.4) is 0 Å². The van der Waals surface area contributed by atoms with E-state index < -0.39 is 0 Å². The number of halogens is 1. The Morgan fingerprint density at radius 1 is 1.16 bits per heavy atom. The number of nitrogens with one attached hydrogen (secondary N) is 1. The molecule has 1 saturated heterocycles. The molecule has 7 heteroatoms. The van der Waals surface area contributed by atoms with E-state index in [0.717, 1.165) is 5.56 Å². The van der Waals surface area contributed by atoms with Crippen LogP contribution in [-0.2, 0) is 11.2 Å². The fourth-order valence-electron chi connectivity index (χ4n) is 2.90. The zero-order valence-electron chi connectivity index (χ0n) is 14.0. The lowest BCUT2D eigenvalue weighted by Crippen LogP contribution is -2.51. The monoisotopic (exact) mass is 361 g/mol. The molecule has 1 fully saturated rings. The highest BCUT2D eigenvalue weighted by molar-refractivity contribution is 6.32. The lowest BCUT2D eigenvalue weighted by molar-refractivity contribution is -0.131. The van der Waals surface area contributed by atoms with Crippen LogP contribution in [0.25, 0.3) is 0 Å². The molecular weight excluding hydrogens is 342 g/mol. The predicted molar refractivity (Wildman–Crippen MR) is 95.0 cm³/mol. The molecule has 0 aliphatic carbocycles. The van der Waals surface area contributed by atoms with Crippen LogP contribution in [0.15, 0.2) is 36.7 Å². The van der Waals surface area contributed by atoms with E-state index >= 15 is 0 Å². The number of rotatable bonds is 4. The minimum atomic E-state index is -0.0812. The third-order valence-electron chi connectivity index (χ3n) is 4.34. The molecule has 2 amide bonds. The molecule has 3 rings (SSSR count). The number of carbonyl (C=O) groups is 2. The van der Waals surface area contributed by atoms with Crippen molar-refractivity contribution in [3.8, 4) is 5.75 Å². The number of methoxy groups -OCH3 is 1. The smallest absolute Gasteiger partial charge is 0.254 e. The largest absolute Gasteiger partial charge is 0.495 e. The van der Waals surface area contributed by atoms with Gasteiger partial charge in [-0.25, -0.2) is 0 Å². The lowest BCUT2D eigenvalue weighted by Gasteiger charge is -2.35. The summed E-state index contributed by atoms with van der Waals surface area (Å²) in [4.78, 5) is 31.4. The van der Waals surface area contributed by atoms with Crippen LogP contribution in [0.5, 0.6) is 5.75 Å². The Labute approximate surface area is 151 Å². The van der Waals surface area contributed by atoms with Gasteiger partial charge >= 0.3 is 0 Å². The van der Waals surface area contributed by atoms with Crippen molar-refractivity contribution in [3.05, 3.63) is 52.8 Å². The number of piperazine rings is 1. The summed E-state index contributed by atoms with van der Waals surface area (Å²) in [5.74, 6) is 0.542. The Morgan fingerprint density at radius 2 is 1.88 bits per heavy atom. The summed E-state index contributed by atoms with van der Waals surface area (Å²) in [5.41, 5.74) is 1.49. The molecule has 25 heavy (non-hydrogen) atoms. The number of benzene rings is 1. The molecule has 0 atom stereocenters. The molecule has 1 N–H and O–H groups in total. The molecule has 1 aromatic carbocycles. The Morgan fingerprint density at radius 3 is 2.48 bits per heavy atom. The van der Waals surface area contributed by atoms with Crippen molar-refractivity contribution in [3.63, 3.8) is 0 Å². The van der Waals surface area contributed by atoms with Crippen molar-refractivity contribution >= 4 is 23.4 Å². The number of H-pyrrole nitrogens is 1. The SMILES string of the molecule is COc1ccc(C(=O)N2CCN(C(=O)Cc3cc[nH]c3)CC2)cc1Cl. The maximum absolute atomic E-state index is 12.6.